The van der Waals surface area contributed by atoms with E-state index < -0.39 is 5.54 Å². The van der Waals surface area contributed by atoms with Crippen molar-refractivity contribution in [2.75, 3.05) is 26.2 Å². The second kappa shape index (κ2) is 9.56. The van der Waals surface area contributed by atoms with Gasteiger partial charge in [0.05, 0.1) is 0 Å². The van der Waals surface area contributed by atoms with Crippen molar-refractivity contribution in [2.24, 2.45) is 11.8 Å². The molecule has 0 aromatic heterocycles. The van der Waals surface area contributed by atoms with Crippen LogP contribution in [-0.4, -0.2) is 48.4 Å². The van der Waals surface area contributed by atoms with Crippen molar-refractivity contribution in [3.05, 3.63) is 0 Å². The number of likely N-dealkylation sites (N-methyl/N-ethyl adjacent to an activating group) is 1. The summed E-state index contributed by atoms with van der Waals surface area (Å²) >= 11 is 0. The number of nitrogens with one attached hydrogen (secondary N) is 2. The summed E-state index contributed by atoms with van der Waals surface area (Å²) in [6.07, 6.45) is 7.63. The summed E-state index contributed by atoms with van der Waals surface area (Å²) in [5, 5.41) is 6.59. The molecule has 2 rings (SSSR count). The molecule has 0 spiro atoms. The van der Waals surface area contributed by atoms with Crippen LogP contribution in [-0.2, 0) is 9.59 Å². The molecule has 1 aliphatic heterocycles. The summed E-state index contributed by atoms with van der Waals surface area (Å²) < 4.78 is 0. The van der Waals surface area contributed by atoms with Gasteiger partial charge >= 0.3 is 0 Å². The number of nitrogens with zero attached hydrogens (tertiary/aromatic N) is 1. The van der Waals surface area contributed by atoms with Crippen molar-refractivity contribution in [3.8, 4) is 0 Å². The molecule has 5 heteroatoms. The highest BCUT2D eigenvalue weighted by Gasteiger charge is 2.42. The van der Waals surface area contributed by atoms with E-state index in [1.165, 1.54) is 0 Å². The Bertz CT molecular complexity index is 436. The molecular weight excluding hydrogens is 314 g/mol. The van der Waals surface area contributed by atoms with Crippen molar-refractivity contribution in [1.82, 2.24) is 15.5 Å². The third-order valence-electron chi connectivity index (χ3n) is 6.24. The zero-order valence-electron chi connectivity index (χ0n) is 16.4. The van der Waals surface area contributed by atoms with E-state index in [9.17, 15) is 9.59 Å². The van der Waals surface area contributed by atoms with Gasteiger partial charge in [0.2, 0.25) is 11.8 Å². The second-order valence-corrected chi connectivity index (χ2v) is 7.94. The lowest BCUT2D eigenvalue weighted by molar-refractivity contribution is -0.143. The fourth-order valence-electron chi connectivity index (χ4n) is 4.55. The van der Waals surface area contributed by atoms with Gasteiger partial charge < -0.3 is 15.5 Å². The van der Waals surface area contributed by atoms with E-state index in [-0.39, 0.29) is 11.8 Å². The van der Waals surface area contributed by atoms with Crippen molar-refractivity contribution in [3.63, 3.8) is 0 Å². The Labute approximate surface area is 153 Å². The molecule has 1 heterocycles. The van der Waals surface area contributed by atoms with Crippen LogP contribution in [0.3, 0.4) is 0 Å². The molecule has 0 radical (unpaired) electrons. The molecule has 1 atom stereocenters. The second-order valence-electron chi connectivity index (χ2n) is 7.94. The number of amides is 2. The summed E-state index contributed by atoms with van der Waals surface area (Å²) in [4.78, 5) is 27.8. The topological polar surface area (TPSA) is 61.4 Å². The standard InChI is InChI=1S/C20H37N3O2/c1-4-23(5-2)19(25)20(11-7-6-8-12-20)22-18(24)15-16(3)17-9-13-21-14-10-17/h16-17,21H,4-15H2,1-3H3,(H,22,24). The molecule has 2 amide bonds. The maximum atomic E-state index is 13.1. The number of carbonyl (C=O) groups is 2. The first-order chi connectivity index (χ1) is 12.0. The molecule has 1 saturated carbocycles. The quantitative estimate of drug-likeness (QED) is 0.741. The first-order valence-electron chi connectivity index (χ1n) is 10.3. The molecule has 25 heavy (non-hydrogen) atoms. The van der Waals surface area contributed by atoms with E-state index in [4.69, 9.17) is 0 Å². The van der Waals surface area contributed by atoms with Gasteiger partial charge in [-0.3, -0.25) is 9.59 Å². The third-order valence-corrected chi connectivity index (χ3v) is 6.24. The first-order valence-corrected chi connectivity index (χ1v) is 10.3. The van der Waals surface area contributed by atoms with Crippen LogP contribution in [0.2, 0.25) is 0 Å². The molecule has 144 valence electrons. The molecule has 2 N–H and O–H groups in total. The van der Waals surface area contributed by atoms with Gasteiger partial charge in [0, 0.05) is 19.5 Å². The van der Waals surface area contributed by atoms with Crippen LogP contribution in [0.15, 0.2) is 0 Å². The average molecular weight is 352 g/mol. The van der Waals surface area contributed by atoms with Gasteiger partial charge in [-0.25, -0.2) is 0 Å². The van der Waals surface area contributed by atoms with E-state index >= 15 is 0 Å². The number of hydrogen-bond acceptors (Lipinski definition) is 3. The number of hydrogen-bond donors (Lipinski definition) is 2. The number of carbonyl (C=O) groups excluding carboxylic acids is 2. The Morgan fingerprint density at radius 1 is 1.12 bits per heavy atom. The highest BCUT2D eigenvalue weighted by molar-refractivity contribution is 5.91. The molecule has 1 unspecified atom stereocenters. The van der Waals surface area contributed by atoms with Gasteiger partial charge in [-0.2, -0.15) is 0 Å². The lowest BCUT2D eigenvalue weighted by Gasteiger charge is -2.40. The normalized spacial score (nSPS) is 22.2. The lowest BCUT2D eigenvalue weighted by Crippen LogP contribution is -2.60. The highest BCUT2D eigenvalue weighted by Crippen LogP contribution is 2.31. The summed E-state index contributed by atoms with van der Waals surface area (Å²) in [6.45, 7) is 9.74. The summed E-state index contributed by atoms with van der Waals surface area (Å²) in [5.74, 6) is 1.19. The largest absolute Gasteiger partial charge is 0.342 e. The third kappa shape index (κ3) is 5.19. The molecule has 0 aromatic rings. The predicted octanol–water partition coefficient (Wildman–Crippen LogP) is 2.70. The van der Waals surface area contributed by atoms with Crippen LogP contribution < -0.4 is 10.6 Å². The molecule has 1 saturated heterocycles. The molecular formula is C20H37N3O2. The molecule has 1 aliphatic carbocycles. The Hall–Kier alpha value is -1.10. The Kier molecular flexibility index (Phi) is 7.73. The van der Waals surface area contributed by atoms with Crippen LogP contribution in [0.5, 0.6) is 0 Å². The van der Waals surface area contributed by atoms with Crippen molar-refractivity contribution < 1.29 is 9.59 Å². The van der Waals surface area contributed by atoms with Gasteiger partial charge in [0.1, 0.15) is 5.54 Å². The van der Waals surface area contributed by atoms with Crippen LogP contribution in [0.25, 0.3) is 0 Å². The van der Waals surface area contributed by atoms with Crippen molar-refractivity contribution in [2.45, 2.75) is 77.7 Å². The minimum absolute atomic E-state index is 0.0634. The van der Waals surface area contributed by atoms with Gasteiger partial charge in [-0.1, -0.05) is 26.2 Å². The SMILES string of the molecule is CCN(CC)C(=O)C1(NC(=O)CC(C)C2CCNCC2)CCCCC1. The molecule has 0 bridgehead atoms. The van der Waals surface area contributed by atoms with Crippen LogP contribution in [0.1, 0.15) is 72.1 Å². The number of rotatable bonds is 7. The molecule has 5 nitrogen and oxygen atoms in total. The van der Waals surface area contributed by atoms with E-state index in [1.807, 2.05) is 18.7 Å². The molecule has 0 aromatic carbocycles. The highest BCUT2D eigenvalue weighted by atomic mass is 16.2. The van der Waals surface area contributed by atoms with Crippen molar-refractivity contribution in [1.29, 1.82) is 0 Å². The van der Waals surface area contributed by atoms with Gasteiger partial charge in [0.25, 0.3) is 0 Å². The van der Waals surface area contributed by atoms with Crippen LogP contribution in [0, 0.1) is 11.8 Å². The fraction of sp³-hybridized carbons (Fsp3) is 0.900. The van der Waals surface area contributed by atoms with Crippen molar-refractivity contribution >= 4 is 11.8 Å². The molecule has 2 aliphatic rings. The zero-order valence-corrected chi connectivity index (χ0v) is 16.4. The first kappa shape index (κ1) is 20.2. The minimum Gasteiger partial charge on any atom is -0.342 e. The van der Waals surface area contributed by atoms with E-state index in [2.05, 4.69) is 17.6 Å². The van der Waals surface area contributed by atoms with E-state index in [0.717, 1.165) is 58.0 Å². The van der Waals surface area contributed by atoms with Crippen LogP contribution in [0.4, 0.5) is 0 Å². The smallest absolute Gasteiger partial charge is 0.248 e. The zero-order chi connectivity index (χ0) is 18.3. The maximum absolute atomic E-state index is 13.1. The summed E-state index contributed by atoms with van der Waals surface area (Å²) in [5.41, 5.74) is -0.658. The van der Waals surface area contributed by atoms with Gasteiger partial charge in [-0.15, -0.1) is 0 Å². The van der Waals surface area contributed by atoms with Gasteiger partial charge in [-0.05, 0) is 64.5 Å². The Balaban J connectivity index is 2.00. The molecule has 2 fully saturated rings. The van der Waals surface area contributed by atoms with Crippen LogP contribution >= 0.6 is 0 Å². The van der Waals surface area contributed by atoms with E-state index in [0.29, 0.717) is 31.3 Å². The summed E-state index contributed by atoms with van der Waals surface area (Å²) in [6, 6.07) is 0. The maximum Gasteiger partial charge on any atom is 0.248 e. The number of piperidine rings is 1. The predicted molar refractivity (Wildman–Crippen MR) is 101 cm³/mol. The monoisotopic (exact) mass is 351 g/mol. The Morgan fingerprint density at radius 3 is 2.28 bits per heavy atom. The Morgan fingerprint density at radius 2 is 1.72 bits per heavy atom. The van der Waals surface area contributed by atoms with Gasteiger partial charge in [0.15, 0.2) is 0 Å². The minimum atomic E-state index is -0.658. The van der Waals surface area contributed by atoms with E-state index in [1.54, 1.807) is 0 Å². The summed E-state index contributed by atoms with van der Waals surface area (Å²) in [7, 11) is 0. The fourth-order valence-corrected chi connectivity index (χ4v) is 4.55. The average Bonchev–Trinajstić information content (AvgIpc) is 2.64. The lowest BCUT2D eigenvalue weighted by atomic mass is 9.79.